The number of halogens is 1. The fourth-order valence-corrected chi connectivity index (χ4v) is 4.30. The molecule has 0 unspecified atom stereocenters. The molecule has 0 radical (unpaired) electrons. The number of hydrogen-bond donors (Lipinski definition) is 0. The quantitative estimate of drug-likeness (QED) is 0.215. The Kier molecular flexibility index (Phi) is 6.97. The summed E-state index contributed by atoms with van der Waals surface area (Å²) in [5.41, 5.74) is 1.58. The van der Waals surface area contributed by atoms with Crippen LogP contribution in [0.5, 0.6) is 5.75 Å². The summed E-state index contributed by atoms with van der Waals surface area (Å²) in [5, 5.41) is 11.2. The molecule has 5 rings (SSSR count). The van der Waals surface area contributed by atoms with E-state index in [4.69, 9.17) is 20.8 Å². The van der Waals surface area contributed by atoms with Gasteiger partial charge in [-0.1, -0.05) is 71.9 Å². The fraction of sp³-hybridized carbons (Fsp3) is 0.0741. The maximum atomic E-state index is 13.4. The Morgan fingerprint density at radius 2 is 1.60 bits per heavy atom. The van der Waals surface area contributed by atoms with Gasteiger partial charge in [0.15, 0.2) is 6.61 Å². The van der Waals surface area contributed by atoms with Gasteiger partial charge >= 0.3 is 0 Å². The second kappa shape index (κ2) is 10.6. The maximum Gasteiger partial charge on any atom is 0.277 e. The Hall–Kier alpha value is -3.81. The third kappa shape index (κ3) is 5.65. The minimum Gasteiger partial charge on any atom is -0.484 e. The molecule has 0 aliphatic rings. The Morgan fingerprint density at radius 3 is 2.40 bits per heavy atom. The standard InChI is InChI=1S/C27H20ClN3O3S/c28-21-11-14-24(15-12-21)33-17-25-29-30-27(34-25)35-18-26(32)31(22-8-2-1-3-9-22)23-13-10-19-6-4-5-7-20(19)16-23/h1-16H,17-18H2. The van der Waals surface area contributed by atoms with Gasteiger partial charge in [0, 0.05) is 16.4 Å². The minimum atomic E-state index is -0.103. The first-order valence-electron chi connectivity index (χ1n) is 10.9. The predicted molar refractivity (Wildman–Crippen MR) is 138 cm³/mol. The summed E-state index contributed by atoms with van der Waals surface area (Å²) in [6, 6.07) is 30.6. The third-order valence-corrected chi connectivity index (χ3v) is 6.25. The van der Waals surface area contributed by atoms with Crippen molar-refractivity contribution in [2.75, 3.05) is 10.7 Å². The van der Waals surface area contributed by atoms with Crippen molar-refractivity contribution in [2.45, 2.75) is 11.8 Å². The Bertz CT molecular complexity index is 1440. The van der Waals surface area contributed by atoms with Gasteiger partial charge in [0.2, 0.25) is 5.91 Å². The van der Waals surface area contributed by atoms with Crippen molar-refractivity contribution in [3.63, 3.8) is 0 Å². The largest absolute Gasteiger partial charge is 0.484 e. The molecule has 0 saturated carbocycles. The van der Waals surface area contributed by atoms with E-state index >= 15 is 0 Å². The number of carbonyl (C=O) groups is 1. The fourth-order valence-electron chi connectivity index (χ4n) is 3.55. The van der Waals surface area contributed by atoms with Gasteiger partial charge in [-0.05, 0) is 59.3 Å². The van der Waals surface area contributed by atoms with Gasteiger partial charge in [0.1, 0.15) is 5.75 Å². The molecule has 4 aromatic carbocycles. The lowest BCUT2D eigenvalue weighted by Crippen LogP contribution is -2.27. The van der Waals surface area contributed by atoms with E-state index in [0.717, 1.165) is 22.1 Å². The van der Waals surface area contributed by atoms with Crippen LogP contribution in [0.15, 0.2) is 107 Å². The number of carbonyl (C=O) groups excluding carboxylic acids is 1. The number of amides is 1. The van der Waals surface area contributed by atoms with Crippen molar-refractivity contribution in [3.05, 3.63) is 108 Å². The highest BCUT2D eigenvalue weighted by Gasteiger charge is 2.20. The second-order valence-corrected chi connectivity index (χ2v) is 8.95. The molecule has 0 atom stereocenters. The summed E-state index contributed by atoms with van der Waals surface area (Å²) in [7, 11) is 0. The van der Waals surface area contributed by atoms with Crippen molar-refractivity contribution < 1.29 is 13.9 Å². The number of rotatable bonds is 8. The number of thioether (sulfide) groups is 1. The van der Waals surface area contributed by atoms with E-state index < -0.39 is 0 Å². The Balaban J connectivity index is 1.28. The molecule has 0 aliphatic carbocycles. The lowest BCUT2D eigenvalue weighted by atomic mass is 10.1. The topological polar surface area (TPSA) is 68.5 Å². The molecule has 8 heteroatoms. The zero-order chi connectivity index (χ0) is 24.0. The lowest BCUT2D eigenvalue weighted by molar-refractivity contribution is -0.115. The first kappa shape index (κ1) is 23.0. The number of anilines is 2. The number of ether oxygens (including phenoxy) is 1. The van der Waals surface area contributed by atoms with E-state index in [-0.39, 0.29) is 18.3 Å². The molecule has 0 aliphatic heterocycles. The van der Waals surface area contributed by atoms with Crippen LogP contribution in [0.2, 0.25) is 5.02 Å². The number of aromatic nitrogens is 2. The summed E-state index contributed by atoms with van der Waals surface area (Å²) in [6.45, 7) is 0.121. The summed E-state index contributed by atoms with van der Waals surface area (Å²) >= 11 is 7.08. The van der Waals surface area contributed by atoms with Crippen LogP contribution in [0, 0.1) is 0 Å². The van der Waals surface area contributed by atoms with E-state index in [1.807, 2.05) is 72.8 Å². The number of para-hydroxylation sites is 1. The molecule has 0 fully saturated rings. The molecule has 6 nitrogen and oxygen atoms in total. The zero-order valence-electron chi connectivity index (χ0n) is 18.5. The molecule has 5 aromatic rings. The SMILES string of the molecule is O=C(CSc1nnc(COc2ccc(Cl)cc2)o1)N(c1ccccc1)c1ccc2ccccc2c1. The third-order valence-electron chi connectivity index (χ3n) is 5.20. The van der Waals surface area contributed by atoms with Gasteiger partial charge < -0.3 is 9.15 Å². The monoisotopic (exact) mass is 501 g/mol. The van der Waals surface area contributed by atoms with Crippen LogP contribution in [-0.4, -0.2) is 21.9 Å². The molecule has 0 N–H and O–H groups in total. The van der Waals surface area contributed by atoms with Crippen LogP contribution in [-0.2, 0) is 11.4 Å². The molecule has 35 heavy (non-hydrogen) atoms. The molecular weight excluding hydrogens is 482 g/mol. The number of fused-ring (bicyclic) bond motifs is 1. The predicted octanol–water partition coefficient (Wildman–Crippen LogP) is 6.91. The van der Waals surface area contributed by atoms with Crippen LogP contribution in [0.1, 0.15) is 5.89 Å². The van der Waals surface area contributed by atoms with Crippen LogP contribution < -0.4 is 9.64 Å². The molecule has 1 aromatic heterocycles. The molecule has 174 valence electrons. The van der Waals surface area contributed by atoms with Crippen molar-refractivity contribution >= 4 is 51.4 Å². The first-order valence-corrected chi connectivity index (χ1v) is 12.2. The van der Waals surface area contributed by atoms with E-state index in [1.165, 1.54) is 11.8 Å². The molecular formula is C27H20ClN3O3S. The summed E-state index contributed by atoms with van der Waals surface area (Å²) in [4.78, 5) is 15.1. The van der Waals surface area contributed by atoms with Gasteiger partial charge in [-0.2, -0.15) is 0 Å². The molecule has 1 heterocycles. The van der Waals surface area contributed by atoms with Crippen LogP contribution in [0.25, 0.3) is 10.8 Å². The highest BCUT2D eigenvalue weighted by molar-refractivity contribution is 7.99. The number of benzene rings is 4. The summed E-state index contributed by atoms with van der Waals surface area (Å²) < 4.78 is 11.3. The smallest absolute Gasteiger partial charge is 0.277 e. The average molecular weight is 502 g/mol. The van der Waals surface area contributed by atoms with Gasteiger partial charge in [-0.15, -0.1) is 10.2 Å². The van der Waals surface area contributed by atoms with E-state index in [9.17, 15) is 4.79 Å². The zero-order valence-corrected chi connectivity index (χ0v) is 20.1. The average Bonchev–Trinajstić information content (AvgIpc) is 3.36. The summed E-state index contributed by atoms with van der Waals surface area (Å²) in [6.07, 6.45) is 0. The second-order valence-electron chi connectivity index (χ2n) is 7.59. The van der Waals surface area contributed by atoms with Crippen molar-refractivity contribution in [1.82, 2.24) is 10.2 Å². The van der Waals surface area contributed by atoms with Crippen molar-refractivity contribution in [2.24, 2.45) is 0 Å². The maximum absolute atomic E-state index is 13.4. The van der Waals surface area contributed by atoms with Crippen LogP contribution in [0.4, 0.5) is 11.4 Å². The van der Waals surface area contributed by atoms with Crippen LogP contribution >= 0.6 is 23.4 Å². The molecule has 0 bridgehead atoms. The Labute approximate surface area is 211 Å². The molecule has 0 saturated heterocycles. The highest BCUT2D eigenvalue weighted by Crippen LogP contribution is 2.30. The Morgan fingerprint density at radius 1 is 0.857 bits per heavy atom. The summed E-state index contributed by atoms with van der Waals surface area (Å²) in [5.74, 6) is 0.991. The lowest BCUT2D eigenvalue weighted by Gasteiger charge is -2.23. The van der Waals surface area contributed by atoms with Gasteiger partial charge in [0.25, 0.3) is 11.1 Å². The molecule has 0 spiro atoms. The highest BCUT2D eigenvalue weighted by atomic mass is 35.5. The van der Waals surface area contributed by atoms with Crippen molar-refractivity contribution in [3.8, 4) is 5.75 Å². The van der Waals surface area contributed by atoms with E-state index in [1.54, 1.807) is 29.2 Å². The van der Waals surface area contributed by atoms with Crippen molar-refractivity contribution in [1.29, 1.82) is 0 Å². The van der Waals surface area contributed by atoms with Gasteiger partial charge in [-0.25, -0.2) is 0 Å². The molecule has 1 amide bonds. The van der Waals surface area contributed by atoms with E-state index in [2.05, 4.69) is 10.2 Å². The number of nitrogens with zero attached hydrogens (tertiary/aromatic N) is 3. The van der Waals surface area contributed by atoms with Gasteiger partial charge in [-0.3, -0.25) is 9.69 Å². The number of hydrogen-bond acceptors (Lipinski definition) is 6. The minimum absolute atomic E-state index is 0.103. The first-order chi connectivity index (χ1) is 17.2. The van der Waals surface area contributed by atoms with Gasteiger partial charge in [0.05, 0.1) is 5.75 Å². The van der Waals surface area contributed by atoms with Crippen LogP contribution in [0.3, 0.4) is 0 Å². The normalized spacial score (nSPS) is 10.9. The van der Waals surface area contributed by atoms with E-state index in [0.29, 0.717) is 21.9 Å².